The molecule has 1 unspecified atom stereocenters. The first-order chi connectivity index (χ1) is 9.58. The number of nitrogens with two attached hydrogens (primary N) is 1. The van der Waals surface area contributed by atoms with Crippen LogP contribution in [0.3, 0.4) is 0 Å². The second-order valence-corrected chi connectivity index (χ2v) is 6.08. The molecular formula is C17H19Cl2N. The smallest absolute Gasteiger partial charge is 0.0440 e. The first kappa shape index (κ1) is 15.4. The summed E-state index contributed by atoms with van der Waals surface area (Å²) in [5, 5.41) is 1.60. The average molecular weight is 308 g/mol. The second-order valence-electron chi connectivity index (χ2n) is 5.23. The van der Waals surface area contributed by atoms with E-state index in [0.29, 0.717) is 12.5 Å². The summed E-state index contributed by atoms with van der Waals surface area (Å²) in [4.78, 5) is 0. The van der Waals surface area contributed by atoms with Crippen molar-refractivity contribution in [3.63, 3.8) is 0 Å². The van der Waals surface area contributed by atoms with Crippen LogP contribution in [-0.2, 0) is 12.8 Å². The molecule has 0 aliphatic heterocycles. The molecule has 0 fully saturated rings. The fourth-order valence-electron chi connectivity index (χ4n) is 2.36. The van der Waals surface area contributed by atoms with Gasteiger partial charge in [-0.3, -0.25) is 0 Å². The molecule has 0 heterocycles. The van der Waals surface area contributed by atoms with Crippen molar-refractivity contribution in [1.29, 1.82) is 0 Å². The molecule has 0 saturated carbocycles. The molecule has 0 amide bonds. The lowest BCUT2D eigenvalue weighted by atomic mass is 9.92. The highest BCUT2D eigenvalue weighted by atomic mass is 35.5. The number of benzene rings is 2. The Balaban J connectivity index is 2.09. The van der Waals surface area contributed by atoms with Gasteiger partial charge in [0.05, 0.1) is 0 Å². The summed E-state index contributed by atoms with van der Waals surface area (Å²) in [7, 11) is 0. The molecule has 0 bridgehead atoms. The predicted molar refractivity (Wildman–Crippen MR) is 87.6 cm³/mol. The van der Waals surface area contributed by atoms with E-state index in [2.05, 4.69) is 18.2 Å². The van der Waals surface area contributed by atoms with Gasteiger partial charge in [-0.15, -0.1) is 0 Å². The van der Waals surface area contributed by atoms with E-state index >= 15 is 0 Å². The maximum Gasteiger partial charge on any atom is 0.0440 e. The van der Waals surface area contributed by atoms with Crippen molar-refractivity contribution < 1.29 is 0 Å². The van der Waals surface area contributed by atoms with Crippen LogP contribution in [0.5, 0.6) is 0 Å². The van der Waals surface area contributed by atoms with Crippen molar-refractivity contribution >= 4 is 23.2 Å². The minimum absolute atomic E-state index is 0.369. The standard InChI is InChI=1S/C17H19Cl2N/c1-12-5-6-15(17(19)7-12)9-14(11-20)8-13-3-2-4-16(18)10-13/h2-7,10,14H,8-9,11,20H2,1H3. The SMILES string of the molecule is Cc1ccc(CC(CN)Cc2cccc(Cl)c2)c(Cl)c1. The molecule has 0 spiro atoms. The van der Waals surface area contributed by atoms with Crippen LogP contribution in [0.15, 0.2) is 42.5 Å². The number of halogens is 2. The first-order valence-electron chi connectivity index (χ1n) is 6.78. The van der Waals surface area contributed by atoms with Crippen LogP contribution in [0.2, 0.25) is 10.0 Å². The lowest BCUT2D eigenvalue weighted by Crippen LogP contribution is -2.19. The molecule has 0 aliphatic rings. The number of hydrogen-bond donors (Lipinski definition) is 1. The van der Waals surface area contributed by atoms with Gasteiger partial charge in [0.15, 0.2) is 0 Å². The molecule has 2 N–H and O–H groups in total. The normalized spacial score (nSPS) is 12.4. The Morgan fingerprint density at radius 2 is 1.85 bits per heavy atom. The lowest BCUT2D eigenvalue weighted by molar-refractivity contribution is 0.533. The lowest BCUT2D eigenvalue weighted by Gasteiger charge is -2.16. The molecule has 0 radical (unpaired) electrons. The quantitative estimate of drug-likeness (QED) is 0.854. The summed E-state index contributed by atoms with van der Waals surface area (Å²) in [6.07, 6.45) is 1.81. The highest BCUT2D eigenvalue weighted by molar-refractivity contribution is 6.31. The number of rotatable bonds is 5. The topological polar surface area (TPSA) is 26.0 Å². The summed E-state index contributed by atoms with van der Waals surface area (Å²) in [5.74, 6) is 0.369. The van der Waals surface area contributed by atoms with Crippen LogP contribution in [0, 0.1) is 12.8 Å². The summed E-state index contributed by atoms with van der Waals surface area (Å²) in [6.45, 7) is 2.68. The molecule has 2 rings (SSSR count). The van der Waals surface area contributed by atoms with Crippen molar-refractivity contribution in [2.75, 3.05) is 6.54 Å². The fraction of sp³-hybridized carbons (Fsp3) is 0.294. The number of aryl methyl sites for hydroxylation is 1. The zero-order valence-electron chi connectivity index (χ0n) is 11.6. The maximum atomic E-state index is 6.30. The summed E-state index contributed by atoms with van der Waals surface area (Å²) >= 11 is 12.3. The fourth-order valence-corrected chi connectivity index (χ4v) is 2.89. The molecule has 106 valence electrons. The van der Waals surface area contributed by atoms with Gasteiger partial charge in [-0.1, -0.05) is 47.5 Å². The van der Waals surface area contributed by atoms with Gasteiger partial charge in [0.2, 0.25) is 0 Å². The average Bonchev–Trinajstić information content (AvgIpc) is 2.41. The molecule has 2 aromatic rings. The number of hydrogen-bond acceptors (Lipinski definition) is 1. The van der Waals surface area contributed by atoms with E-state index in [0.717, 1.165) is 28.5 Å². The van der Waals surface area contributed by atoms with Gasteiger partial charge in [-0.05, 0) is 67.1 Å². The third kappa shape index (κ3) is 4.24. The van der Waals surface area contributed by atoms with E-state index in [1.54, 1.807) is 0 Å². The van der Waals surface area contributed by atoms with Crippen molar-refractivity contribution in [2.24, 2.45) is 11.7 Å². The van der Waals surface area contributed by atoms with Crippen LogP contribution >= 0.6 is 23.2 Å². The molecule has 0 aromatic heterocycles. The van der Waals surface area contributed by atoms with Gasteiger partial charge in [-0.2, -0.15) is 0 Å². The third-order valence-electron chi connectivity index (χ3n) is 3.46. The van der Waals surface area contributed by atoms with E-state index in [4.69, 9.17) is 28.9 Å². The Labute approximate surface area is 130 Å². The largest absolute Gasteiger partial charge is 0.330 e. The molecule has 1 atom stereocenters. The molecule has 20 heavy (non-hydrogen) atoms. The van der Waals surface area contributed by atoms with Crippen LogP contribution in [0.25, 0.3) is 0 Å². The Morgan fingerprint density at radius 3 is 2.50 bits per heavy atom. The highest BCUT2D eigenvalue weighted by Gasteiger charge is 2.11. The van der Waals surface area contributed by atoms with Crippen LogP contribution in [0.1, 0.15) is 16.7 Å². The van der Waals surface area contributed by atoms with Gasteiger partial charge in [0.1, 0.15) is 0 Å². The zero-order chi connectivity index (χ0) is 14.5. The molecule has 0 aliphatic carbocycles. The highest BCUT2D eigenvalue weighted by Crippen LogP contribution is 2.23. The Morgan fingerprint density at radius 1 is 1.05 bits per heavy atom. The van der Waals surface area contributed by atoms with Crippen molar-refractivity contribution in [3.8, 4) is 0 Å². The maximum absolute atomic E-state index is 6.30. The molecule has 0 saturated heterocycles. The van der Waals surface area contributed by atoms with Gasteiger partial charge in [0.25, 0.3) is 0 Å². The van der Waals surface area contributed by atoms with Crippen molar-refractivity contribution in [3.05, 3.63) is 69.2 Å². The monoisotopic (exact) mass is 307 g/mol. The van der Waals surface area contributed by atoms with E-state index in [-0.39, 0.29) is 0 Å². The zero-order valence-corrected chi connectivity index (χ0v) is 13.1. The minimum atomic E-state index is 0.369. The minimum Gasteiger partial charge on any atom is -0.330 e. The van der Waals surface area contributed by atoms with E-state index in [1.165, 1.54) is 11.1 Å². The van der Waals surface area contributed by atoms with Crippen LogP contribution in [0.4, 0.5) is 0 Å². The third-order valence-corrected chi connectivity index (χ3v) is 4.05. The summed E-state index contributed by atoms with van der Waals surface area (Å²) in [6, 6.07) is 14.1. The van der Waals surface area contributed by atoms with Gasteiger partial charge in [0, 0.05) is 10.0 Å². The van der Waals surface area contributed by atoms with Gasteiger partial charge in [-0.25, -0.2) is 0 Å². The molecule has 3 heteroatoms. The Bertz CT molecular complexity index is 581. The molecular weight excluding hydrogens is 289 g/mol. The first-order valence-corrected chi connectivity index (χ1v) is 7.53. The molecule has 2 aromatic carbocycles. The van der Waals surface area contributed by atoms with Crippen molar-refractivity contribution in [2.45, 2.75) is 19.8 Å². The summed E-state index contributed by atoms with van der Waals surface area (Å²) in [5.41, 5.74) is 9.47. The van der Waals surface area contributed by atoms with Gasteiger partial charge < -0.3 is 5.73 Å². The second kappa shape index (κ2) is 7.12. The van der Waals surface area contributed by atoms with Crippen LogP contribution in [-0.4, -0.2) is 6.54 Å². The van der Waals surface area contributed by atoms with Crippen LogP contribution < -0.4 is 5.73 Å². The van der Waals surface area contributed by atoms with E-state index < -0.39 is 0 Å². The Kier molecular flexibility index (Phi) is 5.47. The van der Waals surface area contributed by atoms with E-state index in [1.807, 2.05) is 31.2 Å². The van der Waals surface area contributed by atoms with E-state index in [9.17, 15) is 0 Å². The predicted octanol–water partition coefficient (Wildman–Crippen LogP) is 4.66. The van der Waals surface area contributed by atoms with Gasteiger partial charge >= 0.3 is 0 Å². The Hall–Kier alpha value is -1.02. The summed E-state index contributed by atoms with van der Waals surface area (Å²) < 4.78 is 0. The molecule has 1 nitrogen and oxygen atoms in total. The van der Waals surface area contributed by atoms with Crippen molar-refractivity contribution in [1.82, 2.24) is 0 Å².